The van der Waals surface area contributed by atoms with Crippen molar-refractivity contribution in [2.24, 2.45) is 5.92 Å². The molecular weight excluding hydrogens is 260 g/mol. The van der Waals surface area contributed by atoms with E-state index in [-0.39, 0.29) is 5.91 Å². The quantitative estimate of drug-likeness (QED) is 0.803. The molecule has 0 aliphatic carbocycles. The van der Waals surface area contributed by atoms with E-state index in [0.29, 0.717) is 6.42 Å². The summed E-state index contributed by atoms with van der Waals surface area (Å²) in [4.78, 5) is 15.7. The van der Waals surface area contributed by atoms with Crippen molar-refractivity contribution in [1.82, 2.24) is 9.80 Å². The van der Waals surface area contributed by atoms with E-state index in [2.05, 4.69) is 35.2 Å². The number of benzene rings is 1. The predicted molar refractivity (Wildman–Crippen MR) is 87.2 cm³/mol. The standard InChI is InChI=1S/C18H28N2O/c1-19(2)18(21)12-15-20-13-10-17(11-14-20)9-8-16-6-4-3-5-7-16/h3-7,17H,8-15H2,1-2H3. The number of aryl methyl sites for hydroxylation is 1. The average molecular weight is 288 g/mol. The molecule has 0 radical (unpaired) electrons. The van der Waals surface area contributed by atoms with Crippen molar-refractivity contribution in [3.63, 3.8) is 0 Å². The summed E-state index contributed by atoms with van der Waals surface area (Å²) in [6.45, 7) is 3.22. The van der Waals surface area contributed by atoms with Crippen LogP contribution in [0.25, 0.3) is 0 Å². The van der Waals surface area contributed by atoms with Crippen LogP contribution >= 0.6 is 0 Å². The third kappa shape index (κ3) is 5.50. The third-order valence-corrected chi connectivity index (χ3v) is 4.53. The van der Waals surface area contributed by atoms with E-state index in [9.17, 15) is 4.79 Å². The molecule has 1 aromatic rings. The second kappa shape index (κ2) is 8.18. The molecule has 1 saturated heterocycles. The number of carbonyl (C=O) groups is 1. The van der Waals surface area contributed by atoms with Crippen LogP contribution in [0.5, 0.6) is 0 Å². The zero-order valence-corrected chi connectivity index (χ0v) is 13.4. The van der Waals surface area contributed by atoms with Gasteiger partial charge in [-0.3, -0.25) is 4.79 Å². The topological polar surface area (TPSA) is 23.6 Å². The number of amides is 1. The van der Waals surface area contributed by atoms with Gasteiger partial charge < -0.3 is 9.80 Å². The van der Waals surface area contributed by atoms with Crippen LogP contribution in [0.3, 0.4) is 0 Å². The highest BCUT2D eigenvalue weighted by Crippen LogP contribution is 2.22. The highest BCUT2D eigenvalue weighted by molar-refractivity contribution is 5.75. The number of hydrogen-bond acceptors (Lipinski definition) is 2. The molecule has 0 spiro atoms. The Hall–Kier alpha value is -1.35. The molecule has 1 aliphatic rings. The summed E-state index contributed by atoms with van der Waals surface area (Å²) >= 11 is 0. The van der Waals surface area contributed by atoms with E-state index in [1.54, 1.807) is 4.90 Å². The minimum atomic E-state index is 0.237. The fourth-order valence-corrected chi connectivity index (χ4v) is 2.99. The summed E-state index contributed by atoms with van der Waals surface area (Å²) < 4.78 is 0. The lowest BCUT2D eigenvalue weighted by Gasteiger charge is -2.32. The molecule has 0 atom stereocenters. The Bertz CT molecular complexity index is 422. The number of hydrogen-bond donors (Lipinski definition) is 0. The van der Waals surface area contributed by atoms with Crippen LogP contribution in [0, 0.1) is 5.92 Å². The fraction of sp³-hybridized carbons (Fsp3) is 0.611. The molecular formula is C18H28N2O. The van der Waals surface area contributed by atoms with Gasteiger partial charge >= 0.3 is 0 Å². The minimum Gasteiger partial charge on any atom is -0.349 e. The summed E-state index contributed by atoms with van der Waals surface area (Å²) in [7, 11) is 3.66. The van der Waals surface area contributed by atoms with Gasteiger partial charge in [0.05, 0.1) is 0 Å². The van der Waals surface area contributed by atoms with E-state index in [1.807, 2.05) is 14.1 Å². The summed E-state index contributed by atoms with van der Waals surface area (Å²) in [5.74, 6) is 1.09. The second-order valence-electron chi connectivity index (χ2n) is 6.35. The van der Waals surface area contributed by atoms with Crippen molar-refractivity contribution < 1.29 is 4.79 Å². The molecule has 1 heterocycles. The maximum atomic E-state index is 11.6. The van der Waals surface area contributed by atoms with Gasteiger partial charge in [-0.2, -0.15) is 0 Å². The molecule has 1 aromatic carbocycles. The first-order valence-corrected chi connectivity index (χ1v) is 8.11. The Morgan fingerprint density at radius 1 is 1.19 bits per heavy atom. The van der Waals surface area contributed by atoms with Crippen LogP contribution in [0.4, 0.5) is 0 Å². The van der Waals surface area contributed by atoms with E-state index >= 15 is 0 Å². The number of rotatable bonds is 6. The van der Waals surface area contributed by atoms with Crippen LogP contribution in [-0.4, -0.2) is 49.4 Å². The van der Waals surface area contributed by atoms with Crippen LogP contribution in [-0.2, 0) is 11.2 Å². The van der Waals surface area contributed by atoms with Crippen molar-refractivity contribution >= 4 is 5.91 Å². The molecule has 0 unspecified atom stereocenters. The number of piperidine rings is 1. The molecule has 1 fully saturated rings. The summed E-state index contributed by atoms with van der Waals surface area (Å²) in [5.41, 5.74) is 1.46. The van der Waals surface area contributed by atoms with Crippen LogP contribution in [0.2, 0.25) is 0 Å². The molecule has 1 aliphatic heterocycles. The lowest BCUT2D eigenvalue weighted by Crippen LogP contribution is -2.36. The molecule has 0 aromatic heterocycles. The normalized spacial score (nSPS) is 16.9. The third-order valence-electron chi connectivity index (χ3n) is 4.53. The Kier molecular flexibility index (Phi) is 6.24. The Morgan fingerprint density at radius 2 is 1.86 bits per heavy atom. The van der Waals surface area contributed by atoms with Crippen LogP contribution < -0.4 is 0 Å². The fourth-order valence-electron chi connectivity index (χ4n) is 2.99. The maximum absolute atomic E-state index is 11.6. The van der Waals surface area contributed by atoms with E-state index in [4.69, 9.17) is 0 Å². The number of nitrogens with zero attached hydrogens (tertiary/aromatic N) is 2. The minimum absolute atomic E-state index is 0.237. The Morgan fingerprint density at radius 3 is 2.48 bits per heavy atom. The van der Waals surface area contributed by atoms with Crippen molar-refractivity contribution in [2.45, 2.75) is 32.1 Å². The van der Waals surface area contributed by atoms with Gasteiger partial charge in [-0.15, -0.1) is 0 Å². The van der Waals surface area contributed by atoms with Gasteiger partial charge in [-0.25, -0.2) is 0 Å². The largest absolute Gasteiger partial charge is 0.349 e. The molecule has 0 N–H and O–H groups in total. The predicted octanol–water partition coefficient (Wildman–Crippen LogP) is 2.81. The molecule has 0 saturated carbocycles. The Labute approximate surface area is 128 Å². The SMILES string of the molecule is CN(C)C(=O)CCN1CCC(CCc2ccccc2)CC1. The molecule has 1 amide bonds. The number of likely N-dealkylation sites (tertiary alicyclic amines) is 1. The van der Waals surface area contributed by atoms with Gasteiger partial charge in [0.25, 0.3) is 0 Å². The monoisotopic (exact) mass is 288 g/mol. The van der Waals surface area contributed by atoms with E-state index < -0.39 is 0 Å². The van der Waals surface area contributed by atoms with Crippen LogP contribution in [0.1, 0.15) is 31.2 Å². The van der Waals surface area contributed by atoms with Gasteiger partial charge in [0, 0.05) is 27.1 Å². The van der Waals surface area contributed by atoms with Gasteiger partial charge in [0.1, 0.15) is 0 Å². The van der Waals surface area contributed by atoms with Crippen LogP contribution in [0.15, 0.2) is 30.3 Å². The lowest BCUT2D eigenvalue weighted by atomic mass is 9.90. The van der Waals surface area contributed by atoms with Crippen molar-refractivity contribution in [3.8, 4) is 0 Å². The highest BCUT2D eigenvalue weighted by atomic mass is 16.2. The van der Waals surface area contributed by atoms with E-state index in [1.165, 1.54) is 31.2 Å². The highest BCUT2D eigenvalue weighted by Gasteiger charge is 2.19. The van der Waals surface area contributed by atoms with Gasteiger partial charge in [0.15, 0.2) is 0 Å². The van der Waals surface area contributed by atoms with Gasteiger partial charge in [0.2, 0.25) is 5.91 Å². The molecule has 116 valence electrons. The van der Waals surface area contributed by atoms with Crippen molar-refractivity contribution in [2.75, 3.05) is 33.7 Å². The first-order chi connectivity index (χ1) is 10.1. The zero-order valence-electron chi connectivity index (χ0n) is 13.4. The summed E-state index contributed by atoms with van der Waals surface area (Å²) in [6.07, 6.45) is 5.72. The second-order valence-corrected chi connectivity index (χ2v) is 6.35. The Balaban J connectivity index is 1.63. The average Bonchev–Trinajstić information content (AvgIpc) is 2.52. The maximum Gasteiger partial charge on any atom is 0.223 e. The first-order valence-electron chi connectivity index (χ1n) is 8.11. The van der Waals surface area contributed by atoms with Crippen molar-refractivity contribution in [3.05, 3.63) is 35.9 Å². The summed E-state index contributed by atoms with van der Waals surface area (Å²) in [5, 5.41) is 0. The molecule has 2 rings (SSSR count). The molecule has 3 heteroatoms. The molecule has 3 nitrogen and oxygen atoms in total. The smallest absolute Gasteiger partial charge is 0.223 e. The van der Waals surface area contributed by atoms with Crippen molar-refractivity contribution in [1.29, 1.82) is 0 Å². The lowest BCUT2D eigenvalue weighted by molar-refractivity contribution is -0.129. The first kappa shape index (κ1) is 16.0. The van der Waals surface area contributed by atoms with E-state index in [0.717, 1.165) is 25.6 Å². The van der Waals surface area contributed by atoms with Gasteiger partial charge in [-0.1, -0.05) is 30.3 Å². The molecule has 0 bridgehead atoms. The zero-order chi connectivity index (χ0) is 15.1. The summed E-state index contributed by atoms with van der Waals surface area (Å²) in [6, 6.07) is 10.8. The number of carbonyl (C=O) groups excluding carboxylic acids is 1. The molecule has 21 heavy (non-hydrogen) atoms. The van der Waals surface area contributed by atoms with Gasteiger partial charge in [-0.05, 0) is 50.3 Å².